The van der Waals surface area contributed by atoms with Crippen molar-refractivity contribution in [1.29, 1.82) is 0 Å². The first-order valence-electron chi connectivity index (χ1n) is 9.12. The van der Waals surface area contributed by atoms with Gasteiger partial charge in [0, 0.05) is 39.0 Å². The van der Waals surface area contributed by atoms with Gasteiger partial charge in [-0.2, -0.15) is 0 Å². The van der Waals surface area contributed by atoms with Crippen LogP contribution in [0.3, 0.4) is 0 Å². The predicted molar refractivity (Wildman–Crippen MR) is 106 cm³/mol. The fourth-order valence-electron chi connectivity index (χ4n) is 3.17. The van der Waals surface area contributed by atoms with E-state index in [0.29, 0.717) is 47.7 Å². The SMILES string of the molecule is COCOc1cc(Cl)cnc1-c1cnc(N2CCN(C(=O)O)[C@@H](C(C)C)C2)nn1. The van der Waals surface area contributed by atoms with Crippen LogP contribution in [-0.4, -0.2) is 75.8 Å². The Labute approximate surface area is 173 Å². The Morgan fingerprint density at radius 3 is 2.72 bits per heavy atom. The summed E-state index contributed by atoms with van der Waals surface area (Å²) in [5.74, 6) is 1.02. The molecule has 1 saturated heterocycles. The third-order valence-electron chi connectivity index (χ3n) is 4.66. The van der Waals surface area contributed by atoms with Crippen molar-refractivity contribution in [2.24, 2.45) is 5.92 Å². The quantitative estimate of drug-likeness (QED) is 0.700. The van der Waals surface area contributed by atoms with Crippen LogP contribution in [0.4, 0.5) is 10.7 Å². The maximum Gasteiger partial charge on any atom is 0.407 e. The number of methoxy groups -OCH3 is 1. The number of hydrogen-bond acceptors (Lipinski definition) is 8. The number of piperazine rings is 1. The molecule has 1 fully saturated rings. The largest absolute Gasteiger partial charge is 0.465 e. The monoisotopic (exact) mass is 422 g/mol. The van der Waals surface area contributed by atoms with Crippen molar-refractivity contribution >= 4 is 23.6 Å². The average Bonchev–Trinajstić information content (AvgIpc) is 2.72. The van der Waals surface area contributed by atoms with Gasteiger partial charge in [-0.15, -0.1) is 10.2 Å². The minimum Gasteiger partial charge on any atom is -0.465 e. The number of ether oxygens (including phenoxy) is 2. The van der Waals surface area contributed by atoms with Crippen LogP contribution in [0.15, 0.2) is 18.5 Å². The molecule has 1 aliphatic rings. The number of halogens is 1. The summed E-state index contributed by atoms with van der Waals surface area (Å²) in [6, 6.07) is 1.48. The van der Waals surface area contributed by atoms with Crippen LogP contribution in [0, 0.1) is 5.92 Å². The highest BCUT2D eigenvalue weighted by Crippen LogP contribution is 2.29. The lowest BCUT2D eigenvalue weighted by Gasteiger charge is -2.41. The van der Waals surface area contributed by atoms with Gasteiger partial charge in [0.2, 0.25) is 5.95 Å². The first kappa shape index (κ1) is 21.0. The number of nitrogens with zero attached hydrogens (tertiary/aromatic N) is 6. The van der Waals surface area contributed by atoms with Crippen molar-refractivity contribution in [3.63, 3.8) is 0 Å². The van der Waals surface area contributed by atoms with E-state index < -0.39 is 6.09 Å². The van der Waals surface area contributed by atoms with Gasteiger partial charge in [0.05, 0.1) is 17.3 Å². The zero-order valence-electron chi connectivity index (χ0n) is 16.4. The maximum absolute atomic E-state index is 11.5. The van der Waals surface area contributed by atoms with Crippen LogP contribution >= 0.6 is 11.6 Å². The van der Waals surface area contributed by atoms with Crippen LogP contribution in [-0.2, 0) is 4.74 Å². The lowest BCUT2D eigenvalue weighted by Crippen LogP contribution is -2.57. The molecule has 3 heterocycles. The molecule has 1 aliphatic heterocycles. The second-order valence-corrected chi connectivity index (χ2v) is 7.36. The molecular weight excluding hydrogens is 400 g/mol. The van der Waals surface area contributed by atoms with E-state index in [2.05, 4.69) is 20.2 Å². The van der Waals surface area contributed by atoms with Crippen molar-refractivity contribution < 1.29 is 19.4 Å². The predicted octanol–water partition coefficient (Wildman–Crippen LogP) is 2.39. The lowest BCUT2D eigenvalue weighted by atomic mass is 10.0. The van der Waals surface area contributed by atoms with Crippen molar-refractivity contribution in [1.82, 2.24) is 25.1 Å². The molecule has 0 spiro atoms. The summed E-state index contributed by atoms with van der Waals surface area (Å²) < 4.78 is 10.4. The van der Waals surface area contributed by atoms with Gasteiger partial charge in [0.15, 0.2) is 12.5 Å². The molecule has 0 saturated carbocycles. The van der Waals surface area contributed by atoms with E-state index in [0.717, 1.165) is 0 Å². The molecule has 0 radical (unpaired) electrons. The number of rotatable bonds is 6. The van der Waals surface area contributed by atoms with Gasteiger partial charge in [-0.05, 0) is 5.92 Å². The highest BCUT2D eigenvalue weighted by atomic mass is 35.5. The highest BCUT2D eigenvalue weighted by molar-refractivity contribution is 6.30. The van der Waals surface area contributed by atoms with Crippen molar-refractivity contribution in [3.8, 4) is 17.1 Å². The molecule has 11 heteroatoms. The van der Waals surface area contributed by atoms with Crippen molar-refractivity contribution in [3.05, 3.63) is 23.5 Å². The minimum absolute atomic E-state index is 0.0401. The van der Waals surface area contributed by atoms with Crippen LogP contribution < -0.4 is 9.64 Å². The molecule has 2 aromatic heterocycles. The normalized spacial score (nSPS) is 16.9. The Morgan fingerprint density at radius 1 is 1.31 bits per heavy atom. The molecule has 1 atom stereocenters. The molecule has 0 unspecified atom stereocenters. The number of pyridine rings is 1. The van der Waals surface area contributed by atoms with Gasteiger partial charge in [0.1, 0.15) is 11.4 Å². The van der Waals surface area contributed by atoms with Crippen LogP contribution in [0.2, 0.25) is 5.02 Å². The first-order valence-corrected chi connectivity index (χ1v) is 9.50. The molecule has 10 nitrogen and oxygen atoms in total. The van der Waals surface area contributed by atoms with E-state index in [1.54, 1.807) is 12.3 Å². The number of amides is 1. The molecule has 156 valence electrons. The Kier molecular flexibility index (Phi) is 6.65. The van der Waals surface area contributed by atoms with Crippen molar-refractivity contribution in [2.75, 3.05) is 38.4 Å². The van der Waals surface area contributed by atoms with Gasteiger partial charge in [-0.3, -0.25) is 0 Å². The Bertz CT molecular complexity index is 851. The van der Waals surface area contributed by atoms with E-state index in [1.165, 1.54) is 18.2 Å². The first-order chi connectivity index (χ1) is 13.9. The summed E-state index contributed by atoms with van der Waals surface area (Å²) in [7, 11) is 1.52. The third kappa shape index (κ3) is 4.83. The summed E-state index contributed by atoms with van der Waals surface area (Å²) in [4.78, 5) is 23.6. The number of hydrogen-bond donors (Lipinski definition) is 1. The van der Waals surface area contributed by atoms with Crippen LogP contribution in [0.5, 0.6) is 5.75 Å². The molecule has 0 bridgehead atoms. The Morgan fingerprint density at radius 2 is 2.10 bits per heavy atom. The van der Waals surface area contributed by atoms with Gasteiger partial charge >= 0.3 is 6.09 Å². The summed E-state index contributed by atoms with van der Waals surface area (Å²) in [6.45, 7) is 5.43. The second kappa shape index (κ2) is 9.19. The highest BCUT2D eigenvalue weighted by Gasteiger charge is 2.33. The van der Waals surface area contributed by atoms with Crippen molar-refractivity contribution in [2.45, 2.75) is 19.9 Å². The zero-order chi connectivity index (χ0) is 21.0. The maximum atomic E-state index is 11.5. The van der Waals surface area contributed by atoms with E-state index in [4.69, 9.17) is 21.1 Å². The van der Waals surface area contributed by atoms with E-state index >= 15 is 0 Å². The molecule has 2 aromatic rings. The Hall–Kier alpha value is -2.72. The molecule has 1 amide bonds. The topological polar surface area (TPSA) is 114 Å². The van der Waals surface area contributed by atoms with Gasteiger partial charge < -0.3 is 24.4 Å². The summed E-state index contributed by atoms with van der Waals surface area (Å²) in [5.41, 5.74) is 0.884. The molecular formula is C18H23ClN6O4. The summed E-state index contributed by atoms with van der Waals surface area (Å²) in [5, 5.41) is 18.3. The fraction of sp³-hybridized carbons (Fsp3) is 0.500. The number of carboxylic acid groups (broad SMARTS) is 1. The standard InChI is InChI=1S/C18H23ClN6O4/c1-11(2)14-9-24(4-5-25(14)18(26)27)17-21-8-13(22-23-17)16-15(29-10-28-3)6-12(19)7-20-16/h6-8,11,14H,4-5,9-10H2,1-3H3,(H,26,27)/t14-/m1/s1. The molecule has 1 N–H and O–H groups in total. The smallest absolute Gasteiger partial charge is 0.407 e. The molecule has 29 heavy (non-hydrogen) atoms. The number of anilines is 1. The van der Waals surface area contributed by atoms with Gasteiger partial charge in [-0.1, -0.05) is 25.4 Å². The summed E-state index contributed by atoms with van der Waals surface area (Å²) in [6.07, 6.45) is 2.14. The third-order valence-corrected chi connectivity index (χ3v) is 4.87. The number of aromatic nitrogens is 4. The Balaban J connectivity index is 1.80. The van der Waals surface area contributed by atoms with Gasteiger partial charge in [0.25, 0.3) is 0 Å². The minimum atomic E-state index is -0.907. The van der Waals surface area contributed by atoms with E-state index in [1.807, 2.05) is 18.7 Å². The van der Waals surface area contributed by atoms with Crippen LogP contribution in [0.1, 0.15) is 13.8 Å². The van der Waals surface area contributed by atoms with Crippen LogP contribution in [0.25, 0.3) is 11.4 Å². The fourth-order valence-corrected chi connectivity index (χ4v) is 3.32. The lowest BCUT2D eigenvalue weighted by molar-refractivity contribution is 0.0513. The van der Waals surface area contributed by atoms with Gasteiger partial charge in [-0.25, -0.2) is 14.8 Å². The second-order valence-electron chi connectivity index (χ2n) is 6.93. The molecule has 0 aliphatic carbocycles. The average molecular weight is 423 g/mol. The molecule has 3 rings (SSSR count). The summed E-state index contributed by atoms with van der Waals surface area (Å²) >= 11 is 6.00. The van der Waals surface area contributed by atoms with E-state index in [9.17, 15) is 9.90 Å². The zero-order valence-corrected chi connectivity index (χ0v) is 17.2. The van der Waals surface area contributed by atoms with E-state index in [-0.39, 0.29) is 18.8 Å². The number of carbonyl (C=O) groups is 1. The molecule has 0 aromatic carbocycles.